The highest BCUT2D eigenvalue weighted by molar-refractivity contribution is 6.69. The molecule has 0 aliphatic heterocycles. The Kier molecular flexibility index (Phi) is 2.61. The van der Waals surface area contributed by atoms with Crippen molar-refractivity contribution >= 4 is 22.5 Å². The van der Waals surface area contributed by atoms with E-state index in [1.807, 2.05) is 6.07 Å². The van der Waals surface area contributed by atoms with Crippen molar-refractivity contribution in [1.29, 1.82) is 10.8 Å². The molecule has 0 spiro atoms. The Hall–Kier alpha value is -1.15. The lowest BCUT2D eigenvalue weighted by molar-refractivity contribution is 1.43. The SMILES string of the molecule is CC(=N)c1ccccc1C(=N)Cl. The van der Waals surface area contributed by atoms with Crippen LogP contribution >= 0.6 is 11.6 Å². The molecule has 3 heteroatoms. The van der Waals surface area contributed by atoms with Crippen molar-refractivity contribution in [1.82, 2.24) is 0 Å². The Bertz CT molecular complexity index is 298. The lowest BCUT2D eigenvalue weighted by Gasteiger charge is -2.03. The normalized spacial score (nSPS) is 9.50. The van der Waals surface area contributed by atoms with Gasteiger partial charge in [0, 0.05) is 16.8 Å². The Balaban J connectivity index is 3.27. The van der Waals surface area contributed by atoms with Crippen molar-refractivity contribution in [2.45, 2.75) is 6.92 Å². The fraction of sp³-hybridized carbons (Fsp3) is 0.111. The van der Waals surface area contributed by atoms with Crippen LogP contribution in [0.1, 0.15) is 18.1 Å². The second-order valence-corrected chi connectivity index (χ2v) is 2.86. The van der Waals surface area contributed by atoms with E-state index in [1.54, 1.807) is 25.1 Å². The van der Waals surface area contributed by atoms with Crippen LogP contribution in [-0.4, -0.2) is 10.9 Å². The van der Waals surface area contributed by atoms with Crippen molar-refractivity contribution in [3.63, 3.8) is 0 Å². The van der Waals surface area contributed by atoms with Crippen LogP contribution in [-0.2, 0) is 0 Å². The van der Waals surface area contributed by atoms with Crippen molar-refractivity contribution in [3.8, 4) is 0 Å². The highest BCUT2D eigenvalue weighted by atomic mass is 35.5. The van der Waals surface area contributed by atoms with E-state index in [9.17, 15) is 0 Å². The van der Waals surface area contributed by atoms with Gasteiger partial charge >= 0.3 is 0 Å². The molecule has 1 aromatic carbocycles. The first-order chi connectivity index (χ1) is 5.63. The van der Waals surface area contributed by atoms with Crippen LogP contribution in [0.4, 0.5) is 0 Å². The maximum absolute atomic E-state index is 7.41. The Morgan fingerprint density at radius 2 is 1.67 bits per heavy atom. The largest absolute Gasteiger partial charge is 0.305 e. The first kappa shape index (κ1) is 8.94. The molecular formula is C9H9ClN2. The summed E-state index contributed by atoms with van der Waals surface area (Å²) in [5.41, 5.74) is 1.76. The molecule has 2 nitrogen and oxygen atoms in total. The molecule has 0 amide bonds. The van der Waals surface area contributed by atoms with Crippen LogP contribution in [0.3, 0.4) is 0 Å². The number of halogens is 1. The first-order valence-corrected chi connectivity index (χ1v) is 3.89. The molecular weight excluding hydrogens is 172 g/mol. The Morgan fingerprint density at radius 1 is 1.17 bits per heavy atom. The standard InChI is InChI=1S/C9H9ClN2/c1-6(11)7-4-2-3-5-8(7)9(10)12/h2-5,11-12H,1H3. The molecule has 0 saturated carbocycles. The minimum Gasteiger partial charge on any atom is -0.305 e. The van der Waals surface area contributed by atoms with Crippen LogP contribution in [0.2, 0.25) is 0 Å². The van der Waals surface area contributed by atoms with Crippen molar-refractivity contribution in [2.75, 3.05) is 0 Å². The summed E-state index contributed by atoms with van der Waals surface area (Å²) in [6.45, 7) is 1.68. The van der Waals surface area contributed by atoms with Gasteiger partial charge in [-0.3, -0.25) is 5.41 Å². The molecule has 12 heavy (non-hydrogen) atoms. The van der Waals surface area contributed by atoms with E-state index < -0.39 is 0 Å². The second kappa shape index (κ2) is 3.50. The average Bonchev–Trinajstić information content (AvgIpc) is 2.04. The number of hydrogen-bond donors (Lipinski definition) is 2. The van der Waals surface area contributed by atoms with Gasteiger partial charge in [0.15, 0.2) is 0 Å². The van der Waals surface area contributed by atoms with Gasteiger partial charge in [-0.15, -0.1) is 0 Å². The van der Waals surface area contributed by atoms with Gasteiger partial charge in [0.25, 0.3) is 0 Å². The molecule has 0 saturated heterocycles. The molecule has 0 aliphatic rings. The number of benzene rings is 1. The molecule has 1 rings (SSSR count). The molecule has 0 fully saturated rings. The van der Waals surface area contributed by atoms with Crippen LogP contribution in [0.25, 0.3) is 0 Å². The Morgan fingerprint density at radius 3 is 2.00 bits per heavy atom. The van der Waals surface area contributed by atoms with E-state index in [0.717, 1.165) is 5.56 Å². The molecule has 0 heterocycles. The Labute approximate surface area is 76.2 Å². The van der Waals surface area contributed by atoms with Crippen LogP contribution in [0.15, 0.2) is 24.3 Å². The first-order valence-electron chi connectivity index (χ1n) is 3.52. The molecule has 2 N–H and O–H groups in total. The van der Waals surface area contributed by atoms with E-state index in [-0.39, 0.29) is 5.17 Å². The van der Waals surface area contributed by atoms with E-state index in [4.69, 9.17) is 22.4 Å². The summed E-state index contributed by atoms with van der Waals surface area (Å²) >= 11 is 5.54. The zero-order valence-corrected chi connectivity index (χ0v) is 7.44. The summed E-state index contributed by atoms with van der Waals surface area (Å²) in [7, 11) is 0. The van der Waals surface area contributed by atoms with Gasteiger partial charge in [0.05, 0.1) is 0 Å². The summed E-state index contributed by atoms with van der Waals surface area (Å²) in [6.07, 6.45) is 0. The van der Waals surface area contributed by atoms with Crippen molar-refractivity contribution in [3.05, 3.63) is 35.4 Å². The monoisotopic (exact) mass is 180 g/mol. The molecule has 0 aliphatic carbocycles. The zero-order chi connectivity index (χ0) is 9.14. The lowest BCUT2D eigenvalue weighted by Crippen LogP contribution is -2.01. The summed E-state index contributed by atoms with van der Waals surface area (Å²) in [5.74, 6) is 0. The minimum atomic E-state index is -0.0165. The van der Waals surface area contributed by atoms with Gasteiger partial charge in [0.1, 0.15) is 5.17 Å². The molecule has 0 unspecified atom stereocenters. The van der Waals surface area contributed by atoms with Crippen molar-refractivity contribution < 1.29 is 0 Å². The highest BCUT2D eigenvalue weighted by Crippen LogP contribution is 2.11. The van der Waals surface area contributed by atoms with E-state index in [2.05, 4.69) is 0 Å². The molecule has 0 aromatic heterocycles. The average molecular weight is 181 g/mol. The summed E-state index contributed by atoms with van der Waals surface area (Å²) in [4.78, 5) is 0. The molecule has 0 radical (unpaired) electrons. The van der Waals surface area contributed by atoms with Crippen LogP contribution in [0.5, 0.6) is 0 Å². The number of rotatable bonds is 2. The third kappa shape index (κ3) is 1.71. The third-order valence-corrected chi connectivity index (χ3v) is 1.77. The van der Waals surface area contributed by atoms with E-state index in [1.165, 1.54) is 0 Å². The topological polar surface area (TPSA) is 47.7 Å². The predicted molar refractivity (Wildman–Crippen MR) is 51.6 cm³/mol. The maximum Gasteiger partial charge on any atom is 0.128 e. The summed E-state index contributed by atoms with van der Waals surface area (Å²) < 4.78 is 0. The zero-order valence-electron chi connectivity index (χ0n) is 6.69. The van der Waals surface area contributed by atoms with E-state index in [0.29, 0.717) is 11.3 Å². The quantitative estimate of drug-likeness (QED) is 0.658. The van der Waals surface area contributed by atoms with Gasteiger partial charge in [-0.25, -0.2) is 0 Å². The molecule has 0 bridgehead atoms. The molecule has 1 aromatic rings. The number of nitrogens with one attached hydrogen (secondary N) is 2. The van der Waals surface area contributed by atoms with Gasteiger partial charge in [-0.2, -0.15) is 0 Å². The fourth-order valence-electron chi connectivity index (χ4n) is 1.00. The van der Waals surface area contributed by atoms with Crippen molar-refractivity contribution in [2.24, 2.45) is 0 Å². The smallest absolute Gasteiger partial charge is 0.128 e. The predicted octanol–water partition coefficient (Wildman–Crippen LogP) is 2.64. The van der Waals surface area contributed by atoms with Crippen LogP contribution in [0, 0.1) is 10.8 Å². The van der Waals surface area contributed by atoms with E-state index >= 15 is 0 Å². The summed E-state index contributed by atoms with van der Waals surface area (Å²) in [6, 6.07) is 7.16. The lowest BCUT2D eigenvalue weighted by atomic mass is 10.1. The molecule has 62 valence electrons. The van der Waals surface area contributed by atoms with Gasteiger partial charge in [0.2, 0.25) is 0 Å². The molecule has 0 atom stereocenters. The van der Waals surface area contributed by atoms with Crippen LogP contribution < -0.4 is 0 Å². The maximum atomic E-state index is 7.41. The number of hydrogen-bond acceptors (Lipinski definition) is 2. The summed E-state index contributed by atoms with van der Waals surface area (Å²) in [5, 5.41) is 14.6. The van der Waals surface area contributed by atoms with Gasteiger partial charge in [-0.05, 0) is 6.92 Å². The fourth-order valence-corrected chi connectivity index (χ4v) is 1.17. The van der Waals surface area contributed by atoms with Gasteiger partial charge in [-0.1, -0.05) is 35.9 Å². The highest BCUT2D eigenvalue weighted by Gasteiger charge is 2.05. The third-order valence-electron chi connectivity index (χ3n) is 1.57. The second-order valence-electron chi connectivity index (χ2n) is 2.48. The minimum absolute atomic E-state index is 0.0165. The van der Waals surface area contributed by atoms with Gasteiger partial charge < -0.3 is 5.41 Å².